The fraction of sp³-hybridized carbons (Fsp3) is 0.591. The van der Waals surface area contributed by atoms with Crippen LogP contribution in [0.25, 0.3) is 0 Å². The lowest BCUT2D eigenvalue weighted by Crippen LogP contribution is -2.55. The van der Waals surface area contributed by atoms with Crippen molar-refractivity contribution in [2.75, 3.05) is 57.8 Å². The van der Waals surface area contributed by atoms with Crippen molar-refractivity contribution >= 4 is 23.4 Å². The molecule has 1 aromatic carbocycles. The number of para-hydroxylation sites is 2. The summed E-state index contributed by atoms with van der Waals surface area (Å²) in [4.78, 5) is 43.1. The third-order valence-electron chi connectivity index (χ3n) is 5.33. The summed E-state index contributed by atoms with van der Waals surface area (Å²) in [5.74, 6) is 0.391. The number of nitrogens with zero attached hydrogens (tertiary/aromatic N) is 3. The van der Waals surface area contributed by atoms with E-state index in [1.54, 1.807) is 7.05 Å². The number of nitrogens with one attached hydrogen (secondary N) is 2. The van der Waals surface area contributed by atoms with Crippen LogP contribution in [0.3, 0.4) is 0 Å². The summed E-state index contributed by atoms with van der Waals surface area (Å²) in [5.41, 5.74) is 0.559. The Kier molecular flexibility index (Phi) is 7.04. The number of anilines is 1. The van der Waals surface area contributed by atoms with E-state index in [1.807, 2.05) is 54.8 Å². The van der Waals surface area contributed by atoms with Crippen LogP contribution in [0.5, 0.6) is 5.75 Å². The van der Waals surface area contributed by atoms with Crippen molar-refractivity contribution in [1.29, 1.82) is 0 Å². The van der Waals surface area contributed by atoms with E-state index < -0.39 is 6.10 Å². The van der Waals surface area contributed by atoms with E-state index in [0.717, 1.165) is 5.69 Å². The van der Waals surface area contributed by atoms with Gasteiger partial charge in [-0.1, -0.05) is 12.1 Å². The van der Waals surface area contributed by atoms with Crippen molar-refractivity contribution in [3.63, 3.8) is 0 Å². The Morgan fingerprint density at radius 3 is 2.39 bits per heavy atom. The van der Waals surface area contributed by atoms with Crippen molar-refractivity contribution < 1.29 is 19.1 Å². The average Bonchev–Trinajstić information content (AvgIpc) is 2.72. The van der Waals surface area contributed by atoms with Gasteiger partial charge in [0.2, 0.25) is 11.8 Å². The first-order valence-electron chi connectivity index (χ1n) is 10.7. The highest BCUT2D eigenvalue weighted by atomic mass is 16.5. The van der Waals surface area contributed by atoms with E-state index in [0.29, 0.717) is 45.0 Å². The Hall–Kier alpha value is -2.81. The molecule has 0 aromatic heterocycles. The SMILES string of the molecule is CNC(=O)[C@H]1CN(CC(=O)N2CCN(CC(=O)NC(C)(C)C)CC2)c2ccccc2O1. The first kappa shape index (κ1) is 22.9. The highest BCUT2D eigenvalue weighted by Gasteiger charge is 2.32. The number of hydrogen-bond acceptors (Lipinski definition) is 6. The second kappa shape index (κ2) is 9.55. The maximum absolute atomic E-state index is 13.0. The molecule has 2 heterocycles. The van der Waals surface area contributed by atoms with E-state index in [2.05, 4.69) is 15.5 Å². The number of rotatable bonds is 5. The van der Waals surface area contributed by atoms with Crippen molar-refractivity contribution in [2.24, 2.45) is 0 Å². The normalized spacial score (nSPS) is 19.3. The summed E-state index contributed by atoms with van der Waals surface area (Å²) in [7, 11) is 1.57. The Morgan fingerprint density at radius 2 is 1.74 bits per heavy atom. The third kappa shape index (κ3) is 6.10. The third-order valence-corrected chi connectivity index (χ3v) is 5.33. The summed E-state index contributed by atoms with van der Waals surface area (Å²) >= 11 is 0. The molecule has 1 atom stereocenters. The standard InChI is InChI=1S/C22H33N5O4/c1-22(2,3)24-19(28)14-25-9-11-26(12-10-25)20(29)15-27-13-18(21(30)23-4)31-17-8-6-5-7-16(17)27/h5-8,18H,9-15H2,1-4H3,(H,23,30)(H,24,28)/t18-/m1/s1. The summed E-state index contributed by atoms with van der Waals surface area (Å²) in [5, 5.41) is 5.58. The number of fused-ring (bicyclic) bond motifs is 1. The quantitative estimate of drug-likeness (QED) is 0.685. The van der Waals surface area contributed by atoms with Gasteiger partial charge >= 0.3 is 0 Å². The molecule has 3 rings (SSSR count). The molecule has 1 aromatic rings. The maximum atomic E-state index is 13.0. The minimum Gasteiger partial charge on any atom is -0.477 e. The average molecular weight is 432 g/mol. The van der Waals surface area contributed by atoms with Crippen LogP contribution in [-0.4, -0.2) is 92.0 Å². The predicted molar refractivity (Wildman–Crippen MR) is 118 cm³/mol. The lowest BCUT2D eigenvalue weighted by molar-refractivity contribution is -0.132. The molecule has 0 spiro atoms. The molecular formula is C22H33N5O4. The molecule has 3 amide bonds. The summed E-state index contributed by atoms with van der Waals surface area (Å²) in [6.07, 6.45) is -0.661. The van der Waals surface area contributed by atoms with Crippen LogP contribution in [0.4, 0.5) is 5.69 Å². The van der Waals surface area contributed by atoms with Gasteiger partial charge in [-0.25, -0.2) is 0 Å². The zero-order valence-corrected chi connectivity index (χ0v) is 18.8. The van der Waals surface area contributed by atoms with E-state index in [1.165, 1.54) is 0 Å². The Labute approximate surface area is 183 Å². The van der Waals surface area contributed by atoms with Gasteiger partial charge in [0.1, 0.15) is 5.75 Å². The molecule has 0 aliphatic carbocycles. The van der Waals surface area contributed by atoms with Crippen LogP contribution in [0.15, 0.2) is 24.3 Å². The molecule has 9 nitrogen and oxygen atoms in total. The van der Waals surface area contributed by atoms with Gasteiger partial charge in [0.25, 0.3) is 5.91 Å². The van der Waals surface area contributed by atoms with Gasteiger partial charge in [-0.05, 0) is 32.9 Å². The second-order valence-corrected chi connectivity index (χ2v) is 9.02. The molecule has 2 aliphatic heterocycles. The summed E-state index contributed by atoms with van der Waals surface area (Å²) in [6, 6.07) is 7.44. The lowest BCUT2D eigenvalue weighted by Gasteiger charge is -2.38. The molecule has 1 saturated heterocycles. The fourth-order valence-electron chi connectivity index (χ4n) is 3.83. The monoisotopic (exact) mass is 431 g/mol. The number of likely N-dealkylation sites (N-methyl/N-ethyl adjacent to an activating group) is 1. The van der Waals surface area contributed by atoms with Crippen molar-refractivity contribution in [1.82, 2.24) is 20.4 Å². The zero-order chi connectivity index (χ0) is 22.6. The maximum Gasteiger partial charge on any atom is 0.262 e. The van der Waals surface area contributed by atoms with Crippen LogP contribution in [0.1, 0.15) is 20.8 Å². The van der Waals surface area contributed by atoms with Gasteiger partial charge in [-0.2, -0.15) is 0 Å². The predicted octanol–water partition coefficient (Wildman–Crippen LogP) is 0.0589. The molecular weight excluding hydrogens is 398 g/mol. The largest absolute Gasteiger partial charge is 0.477 e. The van der Waals surface area contributed by atoms with Gasteiger partial charge in [0.15, 0.2) is 6.10 Å². The van der Waals surface area contributed by atoms with Crippen LogP contribution >= 0.6 is 0 Å². The lowest BCUT2D eigenvalue weighted by atomic mass is 10.1. The number of carbonyl (C=O) groups is 3. The second-order valence-electron chi connectivity index (χ2n) is 9.02. The molecule has 9 heteroatoms. The highest BCUT2D eigenvalue weighted by molar-refractivity contribution is 5.86. The van der Waals surface area contributed by atoms with Crippen LogP contribution in [-0.2, 0) is 14.4 Å². The fourth-order valence-corrected chi connectivity index (χ4v) is 3.83. The molecule has 1 fully saturated rings. The zero-order valence-electron chi connectivity index (χ0n) is 18.8. The van der Waals surface area contributed by atoms with Crippen LogP contribution in [0, 0.1) is 0 Å². The van der Waals surface area contributed by atoms with E-state index in [9.17, 15) is 14.4 Å². The van der Waals surface area contributed by atoms with Crippen LogP contribution < -0.4 is 20.3 Å². The number of hydrogen-bond donors (Lipinski definition) is 2. The number of amides is 3. The van der Waals surface area contributed by atoms with Gasteiger partial charge in [-0.15, -0.1) is 0 Å². The van der Waals surface area contributed by atoms with E-state index >= 15 is 0 Å². The smallest absolute Gasteiger partial charge is 0.262 e. The Balaban J connectivity index is 1.56. The Bertz CT molecular complexity index is 814. The van der Waals surface area contributed by atoms with E-state index in [-0.39, 0.29) is 29.8 Å². The molecule has 0 radical (unpaired) electrons. The minimum absolute atomic E-state index is 0.00237. The number of piperazine rings is 1. The first-order chi connectivity index (χ1) is 14.7. The number of ether oxygens (including phenoxy) is 1. The van der Waals surface area contributed by atoms with Crippen LogP contribution in [0.2, 0.25) is 0 Å². The molecule has 31 heavy (non-hydrogen) atoms. The molecule has 0 unspecified atom stereocenters. The summed E-state index contributed by atoms with van der Waals surface area (Å²) < 4.78 is 5.80. The van der Waals surface area contributed by atoms with Crippen molar-refractivity contribution in [2.45, 2.75) is 32.4 Å². The van der Waals surface area contributed by atoms with Gasteiger partial charge in [0, 0.05) is 38.8 Å². The van der Waals surface area contributed by atoms with Gasteiger partial charge in [-0.3, -0.25) is 19.3 Å². The van der Waals surface area contributed by atoms with Gasteiger partial charge < -0.3 is 25.2 Å². The Morgan fingerprint density at radius 1 is 1.06 bits per heavy atom. The molecule has 0 bridgehead atoms. The number of benzene rings is 1. The van der Waals surface area contributed by atoms with Crippen molar-refractivity contribution in [3.8, 4) is 5.75 Å². The van der Waals surface area contributed by atoms with Gasteiger partial charge in [0.05, 0.1) is 25.3 Å². The first-order valence-corrected chi connectivity index (χ1v) is 10.7. The van der Waals surface area contributed by atoms with E-state index in [4.69, 9.17) is 4.74 Å². The summed E-state index contributed by atoms with van der Waals surface area (Å²) in [6.45, 7) is 9.17. The molecule has 2 aliphatic rings. The molecule has 0 saturated carbocycles. The molecule has 170 valence electrons. The van der Waals surface area contributed by atoms with Crippen molar-refractivity contribution in [3.05, 3.63) is 24.3 Å². The topological polar surface area (TPSA) is 94.2 Å². The molecule has 2 N–H and O–H groups in total. The highest BCUT2D eigenvalue weighted by Crippen LogP contribution is 2.33. The number of carbonyl (C=O) groups excluding carboxylic acids is 3. The minimum atomic E-state index is -0.661.